The number of nitrogens with zero attached hydrogens (tertiary/aromatic N) is 1. The Hall–Kier alpha value is -0.610. The van der Waals surface area contributed by atoms with Crippen molar-refractivity contribution in [2.45, 2.75) is 0 Å². The van der Waals surface area contributed by atoms with E-state index in [2.05, 4.69) is 20.9 Å². The second kappa shape index (κ2) is 6.12. The Kier molecular flexibility index (Phi) is 5.78. The van der Waals surface area contributed by atoms with Gasteiger partial charge >= 0.3 is 0 Å². The lowest BCUT2D eigenvalue weighted by Crippen LogP contribution is -1.71. The number of carboxylic acid groups (broad SMARTS) is 1. The van der Waals surface area contributed by atoms with E-state index in [-0.39, 0.29) is 6.47 Å². The Morgan fingerprint density at radius 2 is 2.18 bits per heavy atom. The van der Waals surface area contributed by atoms with Crippen LogP contribution in [0.15, 0.2) is 22.8 Å². The number of hydrogen-bond donors (Lipinski definition) is 1. The molecule has 0 aromatic carbocycles. The predicted octanol–water partition coefficient (Wildman–Crippen LogP) is 2.20. The lowest BCUT2D eigenvalue weighted by atomic mass is 10.5. The van der Waals surface area contributed by atoms with Gasteiger partial charge in [-0.2, -0.15) is 0 Å². The van der Waals surface area contributed by atoms with E-state index in [1.165, 1.54) is 0 Å². The summed E-state index contributed by atoms with van der Waals surface area (Å²) in [5, 5.41) is 7.40. The van der Waals surface area contributed by atoms with E-state index in [1.807, 2.05) is 12.1 Å². The van der Waals surface area contributed by atoms with Crippen LogP contribution in [0.3, 0.4) is 0 Å². The molecule has 0 radical (unpaired) electrons. The molecule has 0 aliphatic heterocycles. The molecule has 1 aromatic heterocycles. The van der Waals surface area contributed by atoms with E-state index >= 15 is 0 Å². The minimum absolute atomic E-state index is 0.250. The Morgan fingerprint density at radius 1 is 1.64 bits per heavy atom. The van der Waals surface area contributed by atoms with Crippen LogP contribution < -0.4 is 0 Å². The van der Waals surface area contributed by atoms with Gasteiger partial charge in [0.1, 0.15) is 9.76 Å². The summed E-state index contributed by atoms with van der Waals surface area (Å²) >= 11 is 8.67. The summed E-state index contributed by atoms with van der Waals surface area (Å²) in [7, 11) is 0. The molecule has 1 rings (SSSR count). The van der Waals surface area contributed by atoms with Gasteiger partial charge in [-0.15, -0.1) is 0 Å². The van der Waals surface area contributed by atoms with Crippen LogP contribution in [0.1, 0.15) is 0 Å². The molecule has 0 bridgehead atoms. The molecule has 0 saturated carbocycles. The summed E-state index contributed by atoms with van der Waals surface area (Å²) < 4.78 is 0.769. The molecule has 0 unspecified atom stereocenters. The van der Waals surface area contributed by atoms with Gasteiger partial charge in [0.2, 0.25) is 0 Å². The Balaban J connectivity index is 0.000000292. The van der Waals surface area contributed by atoms with Gasteiger partial charge in [0.25, 0.3) is 6.47 Å². The summed E-state index contributed by atoms with van der Waals surface area (Å²) in [4.78, 5) is 12.2. The normalized spacial score (nSPS) is 7.82. The third-order valence-corrected chi connectivity index (χ3v) is 1.33. The van der Waals surface area contributed by atoms with Crippen molar-refractivity contribution in [3.63, 3.8) is 0 Å². The standard InChI is InChI=1S/C5H3BrClN.CH2O2/c6-4-2-1-3-5(7)8-4;2-1-3/h1-3H;1H,(H,2,3). The third kappa shape index (κ3) is 5.82. The van der Waals surface area contributed by atoms with Gasteiger partial charge in [-0.05, 0) is 28.1 Å². The molecule has 60 valence electrons. The molecule has 0 saturated heterocycles. The molecule has 0 atom stereocenters. The maximum atomic E-state index is 8.36. The van der Waals surface area contributed by atoms with Crippen LogP contribution in [0.25, 0.3) is 0 Å². The molecule has 1 N–H and O–H groups in total. The lowest BCUT2D eigenvalue weighted by molar-refractivity contribution is -0.122. The first kappa shape index (κ1) is 10.4. The number of carbonyl (C=O) groups is 1. The fourth-order valence-corrected chi connectivity index (χ4v) is 0.993. The first-order valence-electron chi connectivity index (χ1n) is 2.56. The summed E-state index contributed by atoms with van der Waals surface area (Å²) in [5.41, 5.74) is 0. The average Bonchev–Trinajstić information content (AvgIpc) is 1.88. The monoisotopic (exact) mass is 237 g/mol. The highest BCUT2D eigenvalue weighted by Gasteiger charge is 1.86. The van der Waals surface area contributed by atoms with Crippen LogP contribution in [0.4, 0.5) is 0 Å². The molecule has 1 aromatic rings. The second-order valence-electron chi connectivity index (χ2n) is 1.39. The van der Waals surface area contributed by atoms with Crippen molar-refractivity contribution in [1.29, 1.82) is 0 Å². The molecule has 0 aliphatic rings. The van der Waals surface area contributed by atoms with Crippen molar-refractivity contribution >= 4 is 34.0 Å². The summed E-state index contributed by atoms with van der Waals surface area (Å²) in [6.45, 7) is -0.250. The van der Waals surface area contributed by atoms with E-state index in [1.54, 1.807) is 6.07 Å². The van der Waals surface area contributed by atoms with E-state index in [0.717, 1.165) is 4.60 Å². The number of aromatic nitrogens is 1. The highest BCUT2D eigenvalue weighted by atomic mass is 79.9. The molecular formula is C6H5BrClNO2. The fraction of sp³-hybridized carbons (Fsp3) is 0. The van der Waals surface area contributed by atoms with Gasteiger partial charge in [0, 0.05) is 0 Å². The highest BCUT2D eigenvalue weighted by Crippen LogP contribution is 2.09. The Bertz CT molecular complexity index is 214. The van der Waals surface area contributed by atoms with Gasteiger partial charge in [-0.1, -0.05) is 17.7 Å². The van der Waals surface area contributed by atoms with Crippen molar-refractivity contribution in [2.75, 3.05) is 0 Å². The van der Waals surface area contributed by atoms with Crippen molar-refractivity contribution in [1.82, 2.24) is 4.98 Å². The fourth-order valence-electron chi connectivity index (χ4n) is 0.383. The Labute approximate surface area is 77.1 Å². The van der Waals surface area contributed by atoms with E-state index in [4.69, 9.17) is 21.5 Å². The summed E-state index contributed by atoms with van der Waals surface area (Å²) in [5.74, 6) is 0. The van der Waals surface area contributed by atoms with Crippen LogP contribution in [-0.4, -0.2) is 16.6 Å². The van der Waals surface area contributed by atoms with Crippen LogP contribution in [-0.2, 0) is 4.79 Å². The van der Waals surface area contributed by atoms with Crippen LogP contribution in [0, 0.1) is 0 Å². The van der Waals surface area contributed by atoms with Crippen LogP contribution >= 0.6 is 27.5 Å². The molecule has 3 nitrogen and oxygen atoms in total. The van der Waals surface area contributed by atoms with Crippen molar-refractivity contribution in [3.8, 4) is 0 Å². The van der Waals surface area contributed by atoms with Gasteiger partial charge in [-0.3, -0.25) is 4.79 Å². The van der Waals surface area contributed by atoms with Gasteiger partial charge in [0.05, 0.1) is 0 Å². The minimum Gasteiger partial charge on any atom is -0.483 e. The van der Waals surface area contributed by atoms with Crippen LogP contribution in [0.5, 0.6) is 0 Å². The van der Waals surface area contributed by atoms with Gasteiger partial charge < -0.3 is 5.11 Å². The van der Waals surface area contributed by atoms with E-state index < -0.39 is 0 Å². The maximum absolute atomic E-state index is 8.36. The molecule has 11 heavy (non-hydrogen) atoms. The van der Waals surface area contributed by atoms with Crippen molar-refractivity contribution in [3.05, 3.63) is 28.0 Å². The van der Waals surface area contributed by atoms with E-state index in [0.29, 0.717) is 5.15 Å². The van der Waals surface area contributed by atoms with Crippen LogP contribution in [0.2, 0.25) is 5.15 Å². The number of rotatable bonds is 0. The number of hydrogen-bond acceptors (Lipinski definition) is 2. The zero-order valence-electron chi connectivity index (χ0n) is 5.37. The molecule has 0 aliphatic carbocycles. The molecular weight excluding hydrogens is 233 g/mol. The van der Waals surface area contributed by atoms with Gasteiger partial charge in [0.15, 0.2) is 0 Å². The van der Waals surface area contributed by atoms with Gasteiger partial charge in [-0.25, -0.2) is 4.98 Å². The summed E-state index contributed by atoms with van der Waals surface area (Å²) in [6, 6.07) is 5.39. The quantitative estimate of drug-likeness (QED) is 0.557. The maximum Gasteiger partial charge on any atom is 0.290 e. The van der Waals surface area contributed by atoms with E-state index in [9.17, 15) is 0 Å². The largest absolute Gasteiger partial charge is 0.483 e. The second-order valence-corrected chi connectivity index (χ2v) is 2.59. The average molecular weight is 238 g/mol. The predicted molar refractivity (Wildman–Crippen MR) is 45.6 cm³/mol. The molecule has 1 heterocycles. The smallest absolute Gasteiger partial charge is 0.290 e. The molecule has 0 spiro atoms. The Morgan fingerprint density at radius 3 is 2.45 bits per heavy atom. The molecule has 5 heteroatoms. The topological polar surface area (TPSA) is 50.2 Å². The minimum atomic E-state index is -0.250. The van der Waals surface area contributed by atoms with Crippen molar-refractivity contribution in [2.24, 2.45) is 0 Å². The zero-order chi connectivity index (χ0) is 8.69. The summed E-state index contributed by atoms with van der Waals surface area (Å²) in [6.07, 6.45) is 0. The molecule has 0 fully saturated rings. The lowest BCUT2D eigenvalue weighted by Gasteiger charge is -1.86. The first-order valence-corrected chi connectivity index (χ1v) is 3.73. The molecule has 0 amide bonds. The SMILES string of the molecule is Clc1cccc(Br)n1.O=CO. The number of pyridine rings is 1. The number of halogens is 2. The highest BCUT2D eigenvalue weighted by molar-refractivity contribution is 9.10. The van der Waals surface area contributed by atoms with Crippen molar-refractivity contribution < 1.29 is 9.90 Å². The third-order valence-electron chi connectivity index (χ3n) is 0.681. The zero-order valence-corrected chi connectivity index (χ0v) is 7.71. The first-order chi connectivity index (χ1) is 5.20.